The van der Waals surface area contributed by atoms with Gasteiger partial charge in [-0.05, 0) is 68.4 Å². The SMILES string of the molecule is Cn1c(Nc2ccc(C(F)(F)F)cc2)nc2cc(Oc3ccnc(CC(=O)CN4CCCC4)c3)ccc21. The lowest BCUT2D eigenvalue weighted by Gasteiger charge is -2.13. The molecule has 4 aromatic rings. The van der Waals surface area contributed by atoms with Crippen LogP contribution < -0.4 is 10.1 Å². The molecule has 7 nitrogen and oxygen atoms in total. The van der Waals surface area contributed by atoms with Crippen molar-refractivity contribution >= 4 is 28.5 Å². The molecule has 0 amide bonds. The molecule has 1 aliphatic rings. The topological polar surface area (TPSA) is 72.3 Å². The summed E-state index contributed by atoms with van der Waals surface area (Å²) in [4.78, 5) is 23.5. The lowest BCUT2D eigenvalue weighted by Crippen LogP contribution is -2.27. The number of likely N-dealkylation sites (tertiary alicyclic amines) is 1. The minimum Gasteiger partial charge on any atom is -0.457 e. The first-order valence-electron chi connectivity index (χ1n) is 12.0. The Morgan fingerprint density at radius 3 is 2.49 bits per heavy atom. The number of ether oxygens (including phenoxy) is 1. The highest BCUT2D eigenvalue weighted by molar-refractivity contribution is 5.83. The van der Waals surface area contributed by atoms with Crippen LogP contribution in [0.4, 0.5) is 24.8 Å². The summed E-state index contributed by atoms with van der Waals surface area (Å²) in [6.07, 6.45) is -0.221. The minimum absolute atomic E-state index is 0.134. The first kappa shape index (κ1) is 24.8. The van der Waals surface area contributed by atoms with E-state index in [2.05, 4.69) is 20.2 Å². The van der Waals surface area contributed by atoms with E-state index in [0.717, 1.165) is 43.6 Å². The highest BCUT2D eigenvalue weighted by atomic mass is 19.4. The monoisotopic (exact) mass is 509 g/mol. The summed E-state index contributed by atoms with van der Waals surface area (Å²) in [5, 5.41) is 3.06. The molecule has 192 valence electrons. The van der Waals surface area contributed by atoms with Crippen LogP contribution in [0.15, 0.2) is 60.8 Å². The number of nitrogens with zero attached hydrogens (tertiary/aromatic N) is 4. The first-order valence-corrected chi connectivity index (χ1v) is 12.0. The van der Waals surface area contributed by atoms with E-state index < -0.39 is 11.7 Å². The van der Waals surface area contributed by atoms with Gasteiger partial charge in [-0.3, -0.25) is 14.7 Å². The zero-order chi connectivity index (χ0) is 26.0. The number of carbonyl (C=O) groups excluding carboxylic acids is 1. The number of anilines is 2. The van der Waals surface area contributed by atoms with Gasteiger partial charge in [0.1, 0.15) is 11.5 Å². The fraction of sp³-hybridized carbons (Fsp3) is 0.296. The van der Waals surface area contributed by atoms with Crippen molar-refractivity contribution < 1.29 is 22.7 Å². The summed E-state index contributed by atoms with van der Waals surface area (Å²) >= 11 is 0. The van der Waals surface area contributed by atoms with Gasteiger partial charge in [0.25, 0.3) is 0 Å². The number of aromatic nitrogens is 3. The van der Waals surface area contributed by atoms with E-state index in [1.54, 1.807) is 24.4 Å². The van der Waals surface area contributed by atoms with Crippen LogP contribution in [-0.4, -0.2) is 44.9 Å². The molecule has 0 atom stereocenters. The number of pyridine rings is 1. The molecule has 1 N–H and O–H groups in total. The Morgan fingerprint density at radius 1 is 1.03 bits per heavy atom. The van der Waals surface area contributed by atoms with Crippen molar-refractivity contribution in [2.75, 3.05) is 25.0 Å². The largest absolute Gasteiger partial charge is 0.457 e. The number of halogens is 3. The third kappa shape index (κ3) is 5.91. The lowest BCUT2D eigenvalue weighted by atomic mass is 10.2. The Balaban J connectivity index is 1.27. The predicted molar refractivity (Wildman–Crippen MR) is 134 cm³/mol. The molecule has 0 spiro atoms. The Kier molecular flexibility index (Phi) is 6.84. The summed E-state index contributed by atoms with van der Waals surface area (Å²) in [6.45, 7) is 2.39. The van der Waals surface area contributed by atoms with E-state index >= 15 is 0 Å². The number of alkyl halides is 3. The molecule has 0 aliphatic carbocycles. The van der Waals surface area contributed by atoms with E-state index in [4.69, 9.17) is 4.74 Å². The predicted octanol–water partition coefficient (Wildman–Crippen LogP) is 5.73. The number of imidazole rings is 1. The summed E-state index contributed by atoms with van der Waals surface area (Å²) in [5.74, 6) is 1.74. The molecule has 2 aromatic carbocycles. The summed E-state index contributed by atoms with van der Waals surface area (Å²) in [6, 6.07) is 13.7. The molecule has 0 bridgehead atoms. The van der Waals surface area contributed by atoms with Crippen LogP contribution in [-0.2, 0) is 24.4 Å². The second kappa shape index (κ2) is 10.2. The summed E-state index contributed by atoms with van der Waals surface area (Å²) in [5.41, 5.74) is 1.92. The smallest absolute Gasteiger partial charge is 0.416 e. The zero-order valence-electron chi connectivity index (χ0n) is 20.3. The number of hydrogen-bond acceptors (Lipinski definition) is 6. The summed E-state index contributed by atoms with van der Waals surface area (Å²) in [7, 11) is 1.82. The number of ketones is 1. The Hall–Kier alpha value is -3.92. The molecule has 3 heterocycles. The van der Waals surface area contributed by atoms with Crippen molar-refractivity contribution in [1.29, 1.82) is 0 Å². The molecule has 0 unspecified atom stereocenters. The third-order valence-corrected chi connectivity index (χ3v) is 6.32. The fourth-order valence-corrected chi connectivity index (χ4v) is 4.43. The van der Waals surface area contributed by atoms with Crippen molar-refractivity contribution in [2.24, 2.45) is 7.05 Å². The van der Waals surface area contributed by atoms with Crippen LogP contribution in [0, 0.1) is 0 Å². The van der Waals surface area contributed by atoms with Crippen LogP contribution in [0.5, 0.6) is 11.5 Å². The summed E-state index contributed by atoms with van der Waals surface area (Å²) < 4.78 is 46.3. The Bertz CT molecular complexity index is 1410. The van der Waals surface area contributed by atoms with Gasteiger partial charge in [0.2, 0.25) is 5.95 Å². The highest BCUT2D eigenvalue weighted by Crippen LogP contribution is 2.31. The molecular formula is C27H26F3N5O2. The molecule has 0 radical (unpaired) electrons. The Labute approximate surface area is 211 Å². The number of fused-ring (bicyclic) bond motifs is 1. The van der Waals surface area contributed by atoms with E-state index in [1.807, 2.05) is 23.7 Å². The number of nitrogens with one attached hydrogen (secondary N) is 1. The van der Waals surface area contributed by atoms with Gasteiger partial charge in [0, 0.05) is 31.1 Å². The number of hydrogen-bond donors (Lipinski definition) is 1. The van der Waals surface area contributed by atoms with Crippen molar-refractivity contribution in [3.05, 3.63) is 72.1 Å². The van der Waals surface area contributed by atoms with Crippen molar-refractivity contribution in [3.8, 4) is 11.5 Å². The molecule has 1 fully saturated rings. The standard InChI is InChI=1S/C27H26F3N5O2/c1-34-25-9-8-22(16-24(25)33-26(34)32-19-6-4-18(5-7-19)27(28,29)30)37-23-10-11-31-20(15-23)14-21(36)17-35-12-2-3-13-35/h4-11,15-16H,2-3,12-14,17H2,1H3,(H,32,33). The second-order valence-electron chi connectivity index (χ2n) is 9.13. The lowest BCUT2D eigenvalue weighted by molar-refractivity contribution is -0.137. The van der Waals surface area contributed by atoms with Gasteiger partial charge in [-0.1, -0.05) is 0 Å². The van der Waals surface area contributed by atoms with Gasteiger partial charge < -0.3 is 14.6 Å². The van der Waals surface area contributed by atoms with Gasteiger partial charge in [-0.15, -0.1) is 0 Å². The van der Waals surface area contributed by atoms with Gasteiger partial charge in [-0.2, -0.15) is 13.2 Å². The normalized spacial score (nSPS) is 14.3. The van der Waals surface area contributed by atoms with Crippen molar-refractivity contribution in [2.45, 2.75) is 25.4 Å². The maximum Gasteiger partial charge on any atom is 0.416 e. The number of rotatable bonds is 8. The van der Waals surface area contributed by atoms with Crippen LogP contribution in [0.3, 0.4) is 0 Å². The fourth-order valence-electron chi connectivity index (χ4n) is 4.43. The van der Waals surface area contributed by atoms with Gasteiger partial charge in [-0.25, -0.2) is 4.98 Å². The number of benzene rings is 2. The molecule has 10 heteroatoms. The number of aryl methyl sites for hydroxylation is 1. The molecule has 5 rings (SSSR count). The zero-order valence-corrected chi connectivity index (χ0v) is 20.3. The number of Topliss-reactive ketones (excluding diaryl/α,β-unsaturated/α-hetero) is 1. The molecule has 1 saturated heterocycles. The van der Waals surface area contributed by atoms with Gasteiger partial charge >= 0.3 is 6.18 Å². The van der Waals surface area contributed by atoms with E-state index in [0.29, 0.717) is 40.9 Å². The maximum absolute atomic E-state index is 12.8. The van der Waals surface area contributed by atoms with E-state index in [9.17, 15) is 18.0 Å². The highest BCUT2D eigenvalue weighted by Gasteiger charge is 2.30. The van der Waals surface area contributed by atoms with E-state index in [-0.39, 0.29) is 12.2 Å². The van der Waals surface area contributed by atoms with Gasteiger partial charge in [0.15, 0.2) is 5.78 Å². The van der Waals surface area contributed by atoms with Crippen molar-refractivity contribution in [3.63, 3.8) is 0 Å². The molecule has 2 aromatic heterocycles. The second-order valence-corrected chi connectivity index (χ2v) is 9.13. The van der Waals surface area contributed by atoms with Crippen LogP contribution in [0.25, 0.3) is 11.0 Å². The van der Waals surface area contributed by atoms with Crippen LogP contribution >= 0.6 is 0 Å². The Morgan fingerprint density at radius 2 is 1.76 bits per heavy atom. The van der Waals surface area contributed by atoms with Crippen LogP contribution in [0.1, 0.15) is 24.1 Å². The maximum atomic E-state index is 12.8. The van der Waals surface area contributed by atoms with Crippen LogP contribution in [0.2, 0.25) is 0 Å². The minimum atomic E-state index is -4.38. The quantitative estimate of drug-likeness (QED) is 0.327. The average Bonchev–Trinajstić information content (AvgIpc) is 3.46. The first-order chi connectivity index (χ1) is 17.7. The molecule has 1 aliphatic heterocycles. The van der Waals surface area contributed by atoms with Crippen molar-refractivity contribution in [1.82, 2.24) is 19.4 Å². The molecule has 0 saturated carbocycles. The average molecular weight is 510 g/mol. The number of carbonyl (C=O) groups is 1. The third-order valence-electron chi connectivity index (χ3n) is 6.32. The molecule has 37 heavy (non-hydrogen) atoms. The molecular weight excluding hydrogens is 483 g/mol. The van der Waals surface area contributed by atoms with Gasteiger partial charge in [0.05, 0.1) is 35.3 Å². The van der Waals surface area contributed by atoms with E-state index in [1.165, 1.54) is 12.1 Å².